The van der Waals surface area contributed by atoms with Crippen LogP contribution in [0.5, 0.6) is 0 Å². The van der Waals surface area contributed by atoms with Gasteiger partial charge in [0, 0.05) is 18.0 Å². The molecule has 0 spiro atoms. The Labute approximate surface area is 103 Å². The Balaban J connectivity index is 2.11. The number of hydrogen-bond donors (Lipinski definition) is 1. The fraction of sp³-hybridized carbons (Fsp3) is 0.636. The van der Waals surface area contributed by atoms with Gasteiger partial charge in [-0.2, -0.15) is 13.2 Å². The van der Waals surface area contributed by atoms with Crippen molar-refractivity contribution >= 4 is 11.3 Å². The number of rotatable bonds is 6. The normalized spacial score (nSPS) is 13.9. The lowest BCUT2D eigenvalue weighted by Gasteiger charge is -2.16. The first-order chi connectivity index (χ1) is 7.91. The molecule has 98 valence electrons. The van der Waals surface area contributed by atoms with E-state index >= 15 is 0 Å². The topological polar surface area (TPSA) is 21.3 Å². The van der Waals surface area contributed by atoms with E-state index in [1.807, 2.05) is 18.4 Å². The highest BCUT2D eigenvalue weighted by Crippen LogP contribution is 2.21. The quantitative estimate of drug-likeness (QED) is 0.800. The van der Waals surface area contributed by atoms with Crippen LogP contribution in [-0.4, -0.2) is 25.4 Å². The molecule has 0 bridgehead atoms. The Morgan fingerprint density at radius 3 is 2.71 bits per heavy atom. The summed E-state index contributed by atoms with van der Waals surface area (Å²) in [6, 6.07) is 2.02. The van der Waals surface area contributed by atoms with Gasteiger partial charge in [-0.3, -0.25) is 0 Å². The molecule has 2 nitrogen and oxygen atoms in total. The third kappa shape index (κ3) is 5.06. The van der Waals surface area contributed by atoms with E-state index < -0.39 is 12.3 Å². The van der Waals surface area contributed by atoms with Crippen LogP contribution in [0.1, 0.15) is 17.4 Å². The molecule has 0 saturated heterocycles. The van der Waals surface area contributed by atoms with E-state index in [1.54, 1.807) is 11.3 Å². The molecule has 0 aromatic carbocycles. The average Bonchev–Trinajstić information content (AvgIpc) is 2.62. The van der Waals surface area contributed by atoms with E-state index in [2.05, 4.69) is 10.1 Å². The lowest BCUT2D eigenvalue weighted by atomic mass is 10.3. The molecule has 0 saturated carbocycles. The zero-order chi connectivity index (χ0) is 12.9. The SMILES string of the molecule is Cc1ccsc1CNCCOC(C)C(F)(F)F. The van der Waals surface area contributed by atoms with Crippen LogP contribution in [0, 0.1) is 6.92 Å². The summed E-state index contributed by atoms with van der Waals surface area (Å²) in [6.07, 6.45) is -5.97. The van der Waals surface area contributed by atoms with E-state index in [0.717, 1.165) is 6.92 Å². The molecule has 0 fully saturated rings. The summed E-state index contributed by atoms with van der Waals surface area (Å²) in [5, 5.41) is 5.05. The molecule has 0 aliphatic heterocycles. The molecule has 1 N–H and O–H groups in total. The molecule has 1 atom stereocenters. The Kier molecular flexibility index (Phi) is 5.42. The molecule has 0 aliphatic rings. The van der Waals surface area contributed by atoms with Crippen LogP contribution in [-0.2, 0) is 11.3 Å². The first kappa shape index (κ1) is 14.5. The van der Waals surface area contributed by atoms with Crippen molar-refractivity contribution in [2.75, 3.05) is 13.2 Å². The molecule has 1 unspecified atom stereocenters. The number of ether oxygens (including phenoxy) is 1. The summed E-state index contributed by atoms with van der Waals surface area (Å²) in [5.74, 6) is 0. The number of nitrogens with one attached hydrogen (secondary N) is 1. The molecular weight excluding hydrogens is 251 g/mol. The second kappa shape index (κ2) is 6.37. The molecule has 1 aromatic heterocycles. The van der Waals surface area contributed by atoms with Crippen LogP contribution in [0.2, 0.25) is 0 Å². The fourth-order valence-electron chi connectivity index (χ4n) is 1.19. The Morgan fingerprint density at radius 2 is 2.18 bits per heavy atom. The van der Waals surface area contributed by atoms with Crippen LogP contribution in [0.25, 0.3) is 0 Å². The number of aryl methyl sites for hydroxylation is 1. The highest BCUT2D eigenvalue weighted by Gasteiger charge is 2.36. The van der Waals surface area contributed by atoms with Crippen molar-refractivity contribution in [3.8, 4) is 0 Å². The van der Waals surface area contributed by atoms with Crippen molar-refractivity contribution in [2.24, 2.45) is 0 Å². The maximum atomic E-state index is 12.1. The zero-order valence-corrected chi connectivity index (χ0v) is 10.6. The van der Waals surface area contributed by atoms with Gasteiger partial charge in [-0.05, 0) is 30.9 Å². The summed E-state index contributed by atoms with van der Waals surface area (Å²) >= 11 is 1.63. The van der Waals surface area contributed by atoms with Crippen molar-refractivity contribution in [1.29, 1.82) is 0 Å². The summed E-state index contributed by atoms with van der Waals surface area (Å²) in [4.78, 5) is 1.20. The summed E-state index contributed by atoms with van der Waals surface area (Å²) in [7, 11) is 0. The Bertz CT molecular complexity index is 338. The van der Waals surface area contributed by atoms with Crippen molar-refractivity contribution in [3.05, 3.63) is 21.9 Å². The monoisotopic (exact) mass is 267 g/mol. The van der Waals surface area contributed by atoms with E-state index in [4.69, 9.17) is 0 Å². The third-order valence-electron chi connectivity index (χ3n) is 2.36. The number of thiophene rings is 1. The van der Waals surface area contributed by atoms with Crippen molar-refractivity contribution in [3.63, 3.8) is 0 Å². The summed E-state index contributed by atoms with van der Waals surface area (Å²) in [5.41, 5.74) is 1.20. The van der Waals surface area contributed by atoms with Crippen molar-refractivity contribution in [1.82, 2.24) is 5.32 Å². The predicted octanol–water partition coefficient (Wildman–Crippen LogP) is 3.11. The lowest BCUT2D eigenvalue weighted by molar-refractivity contribution is -0.213. The highest BCUT2D eigenvalue weighted by atomic mass is 32.1. The largest absolute Gasteiger partial charge is 0.414 e. The van der Waals surface area contributed by atoms with E-state index in [-0.39, 0.29) is 6.61 Å². The zero-order valence-electron chi connectivity index (χ0n) is 9.80. The summed E-state index contributed by atoms with van der Waals surface area (Å²) in [6.45, 7) is 4.18. The van der Waals surface area contributed by atoms with Gasteiger partial charge < -0.3 is 10.1 Å². The van der Waals surface area contributed by atoms with E-state index in [0.29, 0.717) is 13.1 Å². The van der Waals surface area contributed by atoms with Gasteiger partial charge in [0.1, 0.15) is 0 Å². The van der Waals surface area contributed by atoms with E-state index in [9.17, 15) is 13.2 Å². The van der Waals surface area contributed by atoms with Crippen molar-refractivity contribution in [2.45, 2.75) is 32.7 Å². The van der Waals surface area contributed by atoms with Gasteiger partial charge in [-0.15, -0.1) is 11.3 Å². The van der Waals surface area contributed by atoms with Crippen LogP contribution >= 0.6 is 11.3 Å². The van der Waals surface area contributed by atoms with Gasteiger partial charge in [0.05, 0.1) is 6.61 Å². The minimum atomic E-state index is -4.27. The summed E-state index contributed by atoms with van der Waals surface area (Å²) < 4.78 is 40.9. The standard InChI is InChI=1S/C11H16F3NOS/c1-8-3-6-17-10(8)7-15-4-5-16-9(2)11(12,13)14/h3,6,9,15H,4-5,7H2,1-2H3. The first-order valence-corrected chi connectivity index (χ1v) is 6.21. The number of halogens is 3. The molecule has 17 heavy (non-hydrogen) atoms. The molecule has 1 aromatic rings. The molecule has 0 radical (unpaired) electrons. The third-order valence-corrected chi connectivity index (χ3v) is 3.38. The number of hydrogen-bond acceptors (Lipinski definition) is 3. The van der Waals surface area contributed by atoms with Crippen LogP contribution in [0.4, 0.5) is 13.2 Å². The molecule has 0 aliphatic carbocycles. The highest BCUT2D eigenvalue weighted by molar-refractivity contribution is 7.10. The van der Waals surface area contributed by atoms with Gasteiger partial charge >= 0.3 is 6.18 Å². The molecule has 1 rings (SSSR count). The van der Waals surface area contributed by atoms with Crippen LogP contribution < -0.4 is 5.32 Å². The molecule has 0 amide bonds. The van der Waals surface area contributed by atoms with Crippen LogP contribution in [0.15, 0.2) is 11.4 Å². The van der Waals surface area contributed by atoms with Crippen LogP contribution in [0.3, 0.4) is 0 Å². The Morgan fingerprint density at radius 1 is 1.47 bits per heavy atom. The average molecular weight is 267 g/mol. The second-order valence-electron chi connectivity index (χ2n) is 3.76. The Hall–Kier alpha value is -0.590. The van der Waals surface area contributed by atoms with Gasteiger partial charge in [-0.1, -0.05) is 0 Å². The molecule has 1 heterocycles. The minimum absolute atomic E-state index is 0.0606. The maximum Gasteiger partial charge on any atom is 0.414 e. The second-order valence-corrected chi connectivity index (χ2v) is 4.76. The van der Waals surface area contributed by atoms with Gasteiger partial charge in [0.25, 0.3) is 0 Å². The van der Waals surface area contributed by atoms with Gasteiger partial charge in [-0.25, -0.2) is 0 Å². The van der Waals surface area contributed by atoms with Gasteiger partial charge in [0.2, 0.25) is 0 Å². The number of alkyl halides is 3. The molecular formula is C11H16F3NOS. The lowest BCUT2D eigenvalue weighted by Crippen LogP contribution is -2.31. The molecule has 6 heteroatoms. The van der Waals surface area contributed by atoms with Crippen molar-refractivity contribution < 1.29 is 17.9 Å². The minimum Gasteiger partial charge on any atom is -0.368 e. The smallest absolute Gasteiger partial charge is 0.368 e. The fourth-order valence-corrected chi connectivity index (χ4v) is 2.07. The van der Waals surface area contributed by atoms with E-state index in [1.165, 1.54) is 10.4 Å². The maximum absolute atomic E-state index is 12.1. The first-order valence-electron chi connectivity index (χ1n) is 5.33. The van der Waals surface area contributed by atoms with Gasteiger partial charge in [0.15, 0.2) is 6.10 Å². The predicted molar refractivity (Wildman–Crippen MR) is 62.2 cm³/mol.